The number of hydrogen-bond donors (Lipinski definition) is 0. The van der Waals surface area contributed by atoms with Crippen LogP contribution in [0.2, 0.25) is 0 Å². The van der Waals surface area contributed by atoms with E-state index in [1.54, 1.807) is 0 Å². The van der Waals surface area contributed by atoms with Crippen molar-refractivity contribution in [2.45, 2.75) is 12.4 Å². The van der Waals surface area contributed by atoms with Gasteiger partial charge in [0.05, 0.1) is 0 Å². The van der Waals surface area contributed by atoms with Crippen molar-refractivity contribution in [2.75, 3.05) is 0 Å². The van der Waals surface area contributed by atoms with Crippen molar-refractivity contribution in [3.05, 3.63) is 0 Å². The van der Waals surface area contributed by atoms with E-state index in [4.69, 9.17) is 0 Å². The molecule has 0 atom stereocenters. The third-order valence-electron chi connectivity index (χ3n) is 0.648. The summed E-state index contributed by atoms with van der Waals surface area (Å²) in [6.07, 6.45) is -11.2. The van der Waals surface area contributed by atoms with Gasteiger partial charge in [-0.2, -0.15) is 26.3 Å². The normalized spacial score (nSPS) is 11.6. The summed E-state index contributed by atoms with van der Waals surface area (Å²) in [6, 6.07) is 0. The molecular formula is C4HF6NaO3. The van der Waals surface area contributed by atoms with Gasteiger partial charge in [0.25, 0.3) is 0 Å². The van der Waals surface area contributed by atoms with E-state index in [1.165, 1.54) is 0 Å². The number of carbonyl (C=O) groups excluding carboxylic acids is 2. The fourth-order valence-electron chi connectivity index (χ4n) is 0.200. The van der Waals surface area contributed by atoms with Gasteiger partial charge in [-0.1, -0.05) is 0 Å². The van der Waals surface area contributed by atoms with Crippen LogP contribution in [0.4, 0.5) is 26.3 Å². The van der Waals surface area contributed by atoms with E-state index < -0.39 is 24.3 Å². The topological polar surface area (TPSA) is 43.4 Å². The number of ether oxygens (including phenoxy) is 1. The molecule has 0 unspecified atom stereocenters. The average molecular weight is 234 g/mol. The molecule has 0 aromatic rings. The van der Waals surface area contributed by atoms with Gasteiger partial charge in [0, 0.05) is 0 Å². The molecule has 0 rings (SSSR count). The predicted molar refractivity (Wildman–Crippen MR) is 30.4 cm³/mol. The second kappa shape index (κ2) is 4.99. The Balaban J connectivity index is 0. The molecule has 0 amide bonds. The van der Waals surface area contributed by atoms with Gasteiger partial charge in [-0.05, 0) is 0 Å². The third-order valence-corrected chi connectivity index (χ3v) is 0.648. The Bertz CT molecular complexity index is 206. The fourth-order valence-corrected chi connectivity index (χ4v) is 0.200. The van der Waals surface area contributed by atoms with Crippen LogP contribution in [0.5, 0.6) is 0 Å². The molecule has 0 fully saturated rings. The summed E-state index contributed by atoms with van der Waals surface area (Å²) in [5, 5.41) is 0. The van der Waals surface area contributed by atoms with Gasteiger partial charge in [-0.25, -0.2) is 9.59 Å². The van der Waals surface area contributed by atoms with Crippen LogP contribution in [0.3, 0.4) is 0 Å². The van der Waals surface area contributed by atoms with Gasteiger partial charge in [-0.15, -0.1) is 0 Å². The molecule has 0 saturated carbocycles. The number of carbonyl (C=O) groups is 2. The maximum atomic E-state index is 11.2. The molecule has 0 radical (unpaired) electrons. The molecule has 0 aliphatic carbocycles. The van der Waals surface area contributed by atoms with Gasteiger partial charge >= 0.3 is 53.8 Å². The molecule has 0 heterocycles. The molecular weight excluding hydrogens is 233 g/mol. The van der Waals surface area contributed by atoms with Crippen LogP contribution in [0.1, 0.15) is 0 Å². The summed E-state index contributed by atoms with van der Waals surface area (Å²) >= 11 is 0. The Kier molecular flexibility index (Phi) is 5.76. The molecule has 14 heavy (non-hydrogen) atoms. The fraction of sp³-hybridized carbons (Fsp3) is 0.500. The molecule has 3 nitrogen and oxygen atoms in total. The van der Waals surface area contributed by atoms with Gasteiger partial charge in [0.15, 0.2) is 0 Å². The summed E-state index contributed by atoms with van der Waals surface area (Å²) in [5.74, 6) is -6.40. The molecule has 0 saturated heterocycles. The van der Waals surface area contributed by atoms with E-state index >= 15 is 0 Å². The molecule has 0 aliphatic rings. The SMILES string of the molecule is O=C(OC(=O)C(F)(F)F)C(F)(F)F.[NaH]. The number of esters is 2. The second-order valence-corrected chi connectivity index (χ2v) is 1.67. The standard InChI is InChI=1S/C4F6O3.Na.H/c5-3(6,7)1(11)13-2(12)4(8,9)10;;. The second-order valence-electron chi connectivity index (χ2n) is 1.67. The van der Waals surface area contributed by atoms with Gasteiger partial charge in [0.2, 0.25) is 0 Å². The summed E-state index contributed by atoms with van der Waals surface area (Å²) in [4.78, 5) is 19.3. The molecule has 0 bridgehead atoms. The van der Waals surface area contributed by atoms with Crippen molar-refractivity contribution in [3.63, 3.8) is 0 Å². The molecule has 0 aromatic heterocycles. The van der Waals surface area contributed by atoms with E-state index in [0.717, 1.165) is 0 Å². The van der Waals surface area contributed by atoms with Crippen LogP contribution in [0, 0.1) is 0 Å². The molecule has 0 aromatic carbocycles. The average Bonchev–Trinajstić information content (AvgIpc) is 1.82. The van der Waals surface area contributed by atoms with Gasteiger partial charge in [-0.3, -0.25) is 0 Å². The van der Waals surface area contributed by atoms with E-state index in [1.807, 2.05) is 0 Å². The number of halogens is 6. The first-order valence-corrected chi connectivity index (χ1v) is 2.45. The Morgan fingerprint density at radius 2 is 1.00 bits per heavy atom. The monoisotopic (exact) mass is 234 g/mol. The van der Waals surface area contributed by atoms with E-state index in [2.05, 4.69) is 4.74 Å². The Morgan fingerprint density at radius 3 is 1.14 bits per heavy atom. The van der Waals surface area contributed by atoms with Crippen molar-refractivity contribution in [1.82, 2.24) is 0 Å². The minimum absolute atomic E-state index is 0. The molecule has 0 spiro atoms. The van der Waals surface area contributed by atoms with Gasteiger partial charge < -0.3 is 4.74 Å². The van der Waals surface area contributed by atoms with Gasteiger partial charge in [0.1, 0.15) is 0 Å². The van der Waals surface area contributed by atoms with Crippen LogP contribution in [-0.2, 0) is 14.3 Å². The molecule has 78 valence electrons. The van der Waals surface area contributed by atoms with E-state index in [9.17, 15) is 35.9 Å². The zero-order chi connectivity index (χ0) is 10.9. The first-order chi connectivity index (χ1) is 5.55. The van der Waals surface area contributed by atoms with Crippen LogP contribution < -0.4 is 0 Å². The number of hydrogen-bond acceptors (Lipinski definition) is 3. The summed E-state index contributed by atoms with van der Waals surface area (Å²) in [6.45, 7) is 0. The summed E-state index contributed by atoms with van der Waals surface area (Å²) in [7, 11) is 0. The Hall–Kier alpha value is -0.280. The van der Waals surface area contributed by atoms with E-state index in [0.29, 0.717) is 0 Å². The Labute approximate surface area is 94.7 Å². The molecule has 0 N–H and O–H groups in total. The maximum absolute atomic E-state index is 11.2. The zero-order valence-electron chi connectivity index (χ0n) is 5.49. The third kappa shape index (κ3) is 5.45. The van der Waals surface area contributed by atoms with Crippen LogP contribution >= 0.6 is 0 Å². The van der Waals surface area contributed by atoms with Crippen molar-refractivity contribution < 1.29 is 40.7 Å². The zero-order valence-corrected chi connectivity index (χ0v) is 5.49. The first-order valence-electron chi connectivity index (χ1n) is 2.45. The van der Waals surface area contributed by atoms with Crippen molar-refractivity contribution in [1.29, 1.82) is 0 Å². The Morgan fingerprint density at radius 1 is 0.786 bits per heavy atom. The minimum atomic E-state index is -5.62. The van der Waals surface area contributed by atoms with Crippen LogP contribution in [0.25, 0.3) is 0 Å². The summed E-state index contributed by atoms with van der Waals surface area (Å²) < 4.78 is 69.7. The summed E-state index contributed by atoms with van der Waals surface area (Å²) in [5.41, 5.74) is 0. The van der Waals surface area contributed by atoms with Crippen LogP contribution in [-0.4, -0.2) is 53.8 Å². The van der Waals surface area contributed by atoms with Crippen LogP contribution in [0.15, 0.2) is 0 Å². The molecule has 10 heteroatoms. The number of alkyl halides is 6. The quantitative estimate of drug-likeness (QED) is 0.266. The first kappa shape index (κ1) is 16.2. The van der Waals surface area contributed by atoms with E-state index in [-0.39, 0.29) is 29.6 Å². The van der Waals surface area contributed by atoms with Crippen molar-refractivity contribution >= 4 is 41.5 Å². The molecule has 0 aliphatic heterocycles. The number of rotatable bonds is 0. The van der Waals surface area contributed by atoms with Crippen molar-refractivity contribution in [3.8, 4) is 0 Å². The predicted octanol–water partition coefficient (Wildman–Crippen LogP) is 0.532. The van der Waals surface area contributed by atoms with Crippen molar-refractivity contribution in [2.24, 2.45) is 0 Å².